The van der Waals surface area contributed by atoms with Gasteiger partial charge in [-0.05, 0) is 49.3 Å². The van der Waals surface area contributed by atoms with Crippen molar-refractivity contribution in [3.63, 3.8) is 0 Å². The zero-order valence-corrected chi connectivity index (χ0v) is 25.0. The summed E-state index contributed by atoms with van der Waals surface area (Å²) in [6, 6.07) is 6.90. The SMILES string of the molecule is O=C1[C@H]2[C@H](CC=C3[C@H]2C[C@@]2(Cl)C(=O)N(CBr)C(=O)[C@@]2(Cl)[C@H]3c2ccc(OCCO)cc2)C(=O)N1C1CCCCC1. The van der Waals surface area contributed by atoms with Crippen LogP contribution in [0.5, 0.6) is 5.75 Å². The minimum atomic E-state index is -1.82. The van der Waals surface area contributed by atoms with E-state index in [1.54, 1.807) is 24.3 Å². The Balaban J connectivity index is 1.45. The third-order valence-corrected chi connectivity index (χ3v) is 11.5. The summed E-state index contributed by atoms with van der Waals surface area (Å²) < 4.78 is 5.51. The lowest BCUT2D eigenvalue weighted by molar-refractivity contribution is -0.144. The minimum Gasteiger partial charge on any atom is -0.491 e. The Bertz CT molecular complexity index is 1280. The van der Waals surface area contributed by atoms with Crippen molar-refractivity contribution in [2.45, 2.75) is 66.7 Å². The Hall–Kier alpha value is -1.94. The molecule has 1 N–H and O–H groups in total. The van der Waals surface area contributed by atoms with E-state index in [-0.39, 0.29) is 42.9 Å². The van der Waals surface area contributed by atoms with Gasteiger partial charge in [0, 0.05) is 12.0 Å². The van der Waals surface area contributed by atoms with E-state index in [1.165, 1.54) is 4.90 Å². The van der Waals surface area contributed by atoms with Crippen LogP contribution in [0.4, 0.5) is 0 Å². The van der Waals surface area contributed by atoms with Crippen LogP contribution in [0.3, 0.4) is 0 Å². The lowest BCUT2D eigenvalue weighted by Gasteiger charge is -2.50. The molecule has 214 valence electrons. The molecule has 40 heavy (non-hydrogen) atoms. The van der Waals surface area contributed by atoms with Gasteiger partial charge in [0.05, 0.1) is 23.9 Å². The molecule has 4 fully saturated rings. The van der Waals surface area contributed by atoms with Gasteiger partial charge in [-0.25, -0.2) is 0 Å². The molecule has 8 nitrogen and oxygen atoms in total. The molecule has 4 amide bonds. The quantitative estimate of drug-likeness (QED) is 0.215. The number of carbonyl (C=O) groups excluding carboxylic acids is 4. The molecule has 0 aromatic heterocycles. The Labute approximate surface area is 251 Å². The van der Waals surface area contributed by atoms with E-state index in [0.717, 1.165) is 42.6 Å². The van der Waals surface area contributed by atoms with Crippen LogP contribution in [0.25, 0.3) is 0 Å². The zero-order chi connectivity index (χ0) is 28.4. The number of alkyl halides is 3. The highest BCUT2D eigenvalue weighted by atomic mass is 79.9. The molecule has 1 aromatic rings. The molecule has 2 saturated carbocycles. The number of amides is 4. The van der Waals surface area contributed by atoms with E-state index in [0.29, 0.717) is 17.7 Å². The summed E-state index contributed by atoms with van der Waals surface area (Å²) in [5, 5.41) is 9.10. The van der Waals surface area contributed by atoms with Crippen molar-refractivity contribution in [2.24, 2.45) is 17.8 Å². The first-order chi connectivity index (χ1) is 19.2. The largest absolute Gasteiger partial charge is 0.491 e. The summed E-state index contributed by atoms with van der Waals surface area (Å²) in [5.74, 6) is -3.47. The number of fused-ring (bicyclic) bond motifs is 4. The number of allylic oxidation sites excluding steroid dienone is 2. The number of carbonyl (C=O) groups is 4. The maximum absolute atomic E-state index is 14.0. The number of hydrogen-bond acceptors (Lipinski definition) is 6. The van der Waals surface area contributed by atoms with Crippen LogP contribution in [0.15, 0.2) is 35.9 Å². The zero-order valence-electron chi connectivity index (χ0n) is 21.9. The van der Waals surface area contributed by atoms with Crippen LogP contribution in [-0.4, -0.2) is 73.0 Å². The number of hydrogen-bond donors (Lipinski definition) is 1. The van der Waals surface area contributed by atoms with Gasteiger partial charge in [-0.2, -0.15) is 0 Å². The van der Waals surface area contributed by atoms with Crippen molar-refractivity contribution in [3.05, 3.63) is 41.5 Å². The average molecular weight is 654 g/mol. The molecule has 0 spiro atoms. The monoisotopic (exact) mass is 652 g/mol. The van der Waals surface area contributed by atoms with Gasteiger partial charge in [0.1, 0.15) is 12.4 Å². The Morgan fingerprint density at radius 1 is 0.975 bits per heavy atom. The number of rotatable bonds is 6. The molecule has 6 atom stereocenters. The molecule has 2 heterocycles. The van der Waals surface area contributed by atoms with Crippen LogP contribution in [0, 0.1) is 17.8 Å². The van der Waals surface area contributed by atoms with E-state index in [4.69, 9.17) is 33.0 Å². The second-order valence-corrected chi connectivity index (χ2v) is 13.2. The average Bonchev–Trinajstić information content (AvgIpc) is 3.30. The van der Waals surface area contributed by atoms with Crippen LogP contribution in [0.1, 0.15) is 56.4 Å². The second kappa shape index (κ2) is 10.4. The molecule has 11 heteroatoms. The van der Waals surface area contributed by atoms with Crippen LogP contribution in [-0.2, 0) is 19.2 Å². The normalized spacial score (nSPS) is 36.0. The van der Waals surface area contributed by atoms with E-state index < -0.39 is 45.2 Å². The highest BCUT2D eigenvalue weighted by Crippen LogP contribution is 2.65. The first kappa shape index (κ1) is 28.2. The molecule has 3 aliphatic carbocycles. The molecule has 2 aliphatic heterocycles. The third-order valence-electron chi connectivity index (χ3n) is 9.56. The number of likely N-dealkylation sites (tertiary alicyclic amines) is 2. The second-order valence-electron chi connectivity index (χ2n) is 11.5. The number of imide groups is 2. The number of halogens is 3. The first-order valence-corrected chi connectivity index (χ1v) is 15.8. The van der Waals surface area contributed by atoms with Gasteiger partial charge < -0.3 is 9.84 Å². The van der Waals surface area contributed by atoms with Crippen molar-refractivity contribution < 1.29 is 29.0 Å². The smallest absolute Gasteiger partial charge is 0.254 e. The molecule has 0 unspecified atom stereocenters. The van der Waals surface area contributed by atoms with Gasteiger partial charge in [0.2, 0.25) is 11.8 Å². The predicted molar refractivity (Wildman–Crippen MR) is 151 cm³/mol. The summed E-state index contributed by atoms with van der Waals surface area (Å²) in [5.41, 5.74) is 1.38. The highest BCUT2D eigenvalue weighted by Gasteiger charge is 2.76. The van der Waals surface area contributed by atoms with Gasteiger partial charge in [-0.1, -0.05) is 59.0 Å². The number of aliphatic hydroxyl groups excluding tert-OH is 1. The van der Waals surface area contributed by atoms with Gasteiger partial charge in [0.25, 0.3) is 11.8 Å². The summed E-state index contributed by atoms with van der Waals surface area (Å²) in [7, 11) is 0. The minimum absolute atomic E-state index is 0.00908. The van der Waals surface area contributed by atoms with Crippen molar-refractivity contribution in [2.75, 3.05) is 18.7 Å². The van der Waals surface area contributed by atoms with E-state index in [1.807, 2.05) is 6.08 Å². The van der Waals surface area contributed by atoms with Gasteiger partial charge in [-0.15, -0.1) is 23.2 Å². The lowest BCUT2D eigenvalue weighted by Crippen LogP contribution is -2.60. The van der Waals surface area contributed by atoms with Crippen molar-refractivity contribution in [3.8, 4) is 5.75 Å². The fourth-order valence-corrected chi connectivity index (χ4v) is 9.20. The Morgan fingerprint density at radius 3 is 2.33 bits per heavy atom. The molecular formula is C29H31BrCl2N2O6. The molecular weight excluding hydrogens is 623 g/mol. The van der Waals surface area contributed by atoms with E-state index >= 15 is 0 Å². The predicted octanol–water partition coefficient (Wildman–Crippen LogP) is 4.10. The van der Waals surface area contributed by atoms with Crippen molar-refractivity contribution >= 4 is 62.8 Å². The molecule has 5 aliphatic rings. The topological polar surface area (TPSA) is 104 Å². The van der Waals surface area contributed by atoms with Crippen molar-refractivity contribution in [1.82, 2.24) is 9.80 Å². The Morgan fingerprint density at radius 2 is 1.68 bits per heavy atom. The number of aliphatic hydroxyl groups is 1. The third kappa shape index (κ3) is 3.87. The molecule has 1 aromatic carbocycles. The van der Waals surface area contributed by atoms with Gasteiger partial charge in [-0.3, -0.25) is 29.0 Å². The number of benzene rings is 1. The van der Waals surface area contributed by atoms with Crippen LogP contribution >= 0.6 is 39.1 Å². The molecule has 6 rings (SSSR count). The number of nitrogens with zero attached hydrogens (tertiary/aromatic N) is 2. The summed E-state index contributed by atoms with van der Waals surface area (Å²) in [4.78, 5) is 54.1. The van der Waals surface area contributed by atoms with E-state index in [9.17, 15) is 19.2 Å². The van der Waals surface area contributed by atoms with Gasteiger partial charge >= 0.3 is 0 Å². The highest BCUT2D eigenvalue weighted by molar-refractivity contribution is 9.09. The maximum atomic E-state index is 14.0. The Kier molecular flexibility index (Phi) is 7.33. The van der Waals surface area contributed by atoms with E-state index in [2.05, 4.69) is 15.9 Å². The van der Waals surface area contributed by atoms with Crippen molar-refractivity contribution in [1.29, 1.82) is 0 Å². The first-order valence-electron chi connectivity index (χ1n) is 13.9. The fourth-order valence-electron chi connectivity index (χ4n) is 7.77. The number of ether oxygens (including phenoxy) is 1. The molecule has 0 bridgehead atoms. The summed E-state index contributed by atoms with van der Waals surface area (Å²) in [6.45, 7) is -0.00515. The van der Waals surface area contributed by atoms with Gasteiger partial charge in [0.15, 0.2) is 9.75 Å². The lowest BCUT2D eigenvalue weighted by atomic mass is 9.56. The molecule has 0 radical (unpaired) electrons. The summed E-state index contributed by atoms with van der Waals surface area (Å²) >= 11 is 17.8. The standard InChI is InChI=1S/C29H31BrCl2N2O6/c30-15-33-26(38)28(31)14-21-19(10-11-20-22(21)25(37)34(24(20)36)17-4-2-1-3-5-17)23(29(28,32)27(33)39)16-6-8-18(9-7-16)40-13-12-35/h6-10,17,20-23,35H,1-5,11-15H2/t20-,21+,22-,23-,28+,29-/m0/s1. The van der Waals surface area contributed by atoms with Crippen LogP contribution < -0.4 is 4.74 Å². The molecule has 2 saturated heterocycles. The summed E-state index contributed by atoms with van der Waals surface area (Å²) in [6.07, 6.45) is 7.02. The fraction of sp³-hybridized carbons (Fsp3) is 0.586. The maximum Gasteiger partial charge on any atom is 0.254 e. The van der Waals surface area contributed by atoms with Crippen LogP contribution in [0.2, 0.25) is 0 Å².